The second-order valence-electron chi connectivity index (χ2n) is 7.55. The molecule has 3 aromatic rings. The second kappa shape index (κ2) is 11.0. The first kappa shape index (κ1) is 24.2. The molecule has 1 atom stereocenters. The van der Waals surface area contributed by atoms with E-state index in [0.29, 0.717) is 29.0 Å². The quantitative estimate of drug-likeness (QED) is 0.343. The SMILES string of the molecule is COc1ccc(CNC(=O)C(C)Sc2nnc(COc3cc(C)cc(C)c3)n2N)cc1OC. The Morgan fingerprint density at radius 1 is 1.09 bits per heavy atom. The van der Waals surface area contributed by atoms with Gasteiger partial charge in [-0.25, -0.2) is 4.68 Å². The minimum Gasteiger partial charge on any atom is -0.493 e. The number of ether oxygens (including phenoxy) is 3. The van der Waals surface area contributed by atoms with Crippen LogP contribution in [0.5, 0.6) is 17.2 Å². The molecule has 176 valence electrons. The number of amides is 1. The van der Waals surface area contributed by atoms with E-state index < -0.39 is 5.25 Å². The molecule has 0 spiro atoms. The Morgan fingerprint density at radius 2 is 1.79 bits per heavy atom. The summed E-state index contributed by atoms with van der Waals surface area (Å²) in [7, 11) is 3.15. The summed E-state index contributed by atoms with van der Waals surface area (Å²) in [6.45, 7) is 6.34. The molecule has 33 heavy (non-hydrogen) atoms. The van der Waals surface area contributed by atoms with E-state index >= 15 is 0 Å². The normalized spacial score (nSPS) is 11.7. The fourth-order valence-electron chi connectivity index (χ4n) is 3.19. The van der Waals surface area contributed by atoms with E-state index in [0.717, 1.165) is 22.4 Å². The van der Waals surface area contributed by atoms with E-state index in [9.17, 15) is 4.79 Å². The van der Waals surface area contributed by atoms with Gasteiger partial charge in [0.25, 0.3) is 0 Å². The van der Waals surface area contributed by atoms with Gasteiger partial charge in [-0.3, -0.25) is 4.79 Å². The fourth-order valence-corrected chi connectivity index (χ4v) is 4.00. The molecule has 3 rings (SSSR count). The number of nitrogens with two attached hydrogens (primary N) is 1. The van der Waals surface area contributed by atoms with Gasteiger partial charge >= 0.3 is 0 Å². The Labute approximate surface area is 197 Å². The molecule has 1 amide bonds. The molecule has 10 heteroatoms. The zero-order valence-corrected chi connectivity index (χ0v) is 20.2. The summed E-state index contributed by atoms with van der Waals surface area (Å²) in [5.74, 6) is 8.44. The summed E-state index contributed by atoms with van der Waals surface area (Å²) >= 11 is 1.23. The summed E-state index contributed by atoms with van der Waals surface area (Å²) in [5.41, 5.74) is 3.12. The van der Waals surface area contributed by atoms with Gasteiger partial charge in [0.05, 0.1) is 19.5 Å². The number of hydrogen-bond donors (Lipinski definition) is 2. The number of thioether (sulfide) groups is 1. The van der Waals surface area contributed by atoms with Crippen molar-refractivity contribution in [3.8, 4) is 17.2 Å². The van der Waals surface area contributed by atoms with Crippen LogP contribution in [0.3, 0.4) is 0 Å². The van der Waals surface area contributed by atoms with Crippen molar-refractivity contribution in [2.45, 2.75) is 44.3 Å². The molecule has 1 heterocycles. The lowest BCUT2D eigenvalue weighted by atomic mass is 10.1. The van der Waals surface area contributed by atoms with E-state index in [1.54, 1.807) is 27.2 Å². The maximum Gasteiger partial charge on any atom is 0.233 e. The summed E-state index contributed by atoms with van der Waals surface area (Å²) < 4.78 is 17.7. The molecule has 9 nitrogen and oxygen atoms in total. The molecule has 0 saturated heterocycles. The largest absolute Gasteiger partial charge is 0.493 e. The van der Waals surface area contributed by atoms with E-state index in [-0.39, 0.29) is 12.5 Å². The predicted octanol–water partition coefficient (Wildman–Crippen LogP) is 3.00. The Bertz CT molecular complexity index is 1100. The van der Waals surface area contributed by atoms with Gasteiger partial charge in [0.15, 0.2) is 17.3 Å². The van der Waals surface area contributed by atoms with Gasteiger partial charge in [-0.15, -0.1) is 10.2 Å². The van der Waals surface area contributed by atoms with Crippen molar-refractivity contribution >= 4 is 17.7 Å². The number of nitrogen functional groups attached to an aromatic ring is 1. The van der Waals surface area contributed by atoms with Crippen LogP contribution in [0.1, 0.15) is 29.4 Å². The molecule has 0 aliphatic heterocycles. The average Bonchev–Trinajstić information content (AvgIpc) is 3.14. The number of carbonyl (C=O) groups excluding carboxylic acids is 1. The first-order valence-corrected chi connectivity index (χ1v) is 11.2. The van der Waals surface area contributed by atoms with E-state index in [1.807, 2.05) is 38.1 Å². The highest BCUT2D eigenvalue weighted by Gasteiger charge is 2.19. The van der Waals surface area contributed by atoms with Gasteiger partial charge in [-0.05, 0) is 61.7 Å². The molecule has 0 saturated carbocycles. The number of nitrogens with one attached hydrogen (secondary N) is 1. The smallest absolute Gasteiger partial charge is 0.233 e. The molecule has 0 bridgehead atoms. The number of aryl methyl sites for hydroxylation is 2. The molecular formula is C23H29N5O4S. The Morgan fingerprint density at radius 3 is 2.45 bits per heavy atom. The van der Waals surface area contributed by atoms with Gasteiger partial charge < -0.3 is 25.4 Å². The second-order valence-corrected chi connectivity index (χ2v) is 8.86. The molecule has 2 aromatic carbocycles. The van der Waals surface area contributed by atoms with Gasteiger partial charge in [0.2, 0.25) is 11.1 Å². The van der Waals surface area contributed by atoms with Crippen LogP contribution in [0.4, 0.5) is 0 Å². The van der Waals surface area contributed by atoms with Crippen molar-refractivity contribution in [2.75, 3.05) is 20.1 Å². The third-order valence-electron chi connectivity index (χ3n) is 4.86. The van der Waals surface area contributed by atoms with Crippen LogP contribution in [-0.2, 0) is 17.9 Å². The third kappa shape index (κ3) is 6.32. The van der Waals surface area contributed by atoms with Crippen LogP contribution in [0.2, 0.25) is 0 Å². The fraction of sp³-hybridized carbons (Fsp3) is 0.348. The van der Waals surface area contributed by atoms with Gasteiger partial charge in [-0.1, -0.05) is 23.9 Å². The van der Waals surface area contributed by atoms with Crippen LogP contribution in [0, 0.1) is 13.8 Å². The summed E-state index contributed by atoms with van der Waals surface area (Å²) in [4.78, 5) is 12.6. The average molecular weight is 472 g/mol. The zero-order valence-electron chi connectivity index (χ0n) is 19.4. The number of methoxy groups -OCH3 is 2. The molecule has 0 aliphatic rings. The minimum atomic E-state index is -0.426. The lowest BCUT2D eigenvalue weighted by Gasteiger charge is -2.13. The monoisotopic (exact) mass is 471 g/mol. The molecule has 0 aliphatic carbocycles. The van der Waals surface area contributed by atoms with Crippen molar-refractivity contribution < 1.29 is 19.0 Å². The van der Waals surface area contributed by atoms with Crippen molar-refractivity contribution in [3.05, 3.63) is 58.9 Å². The Kier molecular flexibility index (Phi) is 8.05. The molecule has 1 aromatic heterocycles. The molecule has 0 fully saturated rings. The van der Waals surface area contributed by atoms with Gasteiger partial charge in [-0.2, -0.15) is 0 Å². The number of aromatic nitrogens is 3. The Hall–Kier alpha value is -3.40. The lowest BCUT2D eigenvalue weighted by molar-refractivity contribution is -0.120. The van der Waals surface area contributed by atoms with Gasteiger partial charge in [0, 0.05) is 6.54 Å². The van der Waals surface area contributed by atoms with Crippen molar-refractivity contribution in [2.24, 2.45) is 0 Å². The highest BCUT2D eigenvalue weighted by atomic mass is 32.2. The number of hydrogen-bond acceptors (Lipinski definition) is 8. The zero-order chi connectivity index (χ0) is 24.0. The van der Waals surface area contributed by atoms with Crippen molar-refractivity contribution in [1.29, 1.82) is 0 Å². The van der Waals surface area contributed by atoms with Crippen LogP contribution in [-0.4, -0.2) is 40.3 Å². The van der Waals surface area contributed by atoms with Crippen LogP contribution >= 0.6 is 11.8 Å². The molecule has 3 N–H and O–H groups in total. The van der Waals surface area contributed by atoms with E-state index in [1.165, 1.54) is 16.4 Å². The number of rotatable bonds is 10. The Balaban J connectivity index is 1.55. The van der Waals surface area contributed by atoms with E-state index in [4.69, 9.17) is 20.1 Å². The number of nitrogens with zero attached hydrogens (tertiary/aromatic N) is 3. The van der Waals surface area contributed by atoms with Crippen LogP contribution in [0.25, 0.3) is 0 Å². The number of carbonyl (C=O) groups is 1. The maximum absolute atomic E-state index is 12.6. The minimum absolute atomic E-state index is 0.147. The highest BCUT2D eigenvalue weighted by Crippen LogP contribution is 2.27. The summed E-state index contributed by atoms with van der Waals surface area (Å²) in [6.07, 6.45) is 0. The topological polar surface area (TPSA) is 114 Å². The van der Waals surface area contributed by atoms with Crippen LogP contribution in [0.15, 0.2) is 41.6 Å². The summed E-state index contributed by atoms with van der Waals surface area (Å²) in [5, 5.41) is 11.1. The third-order valence-corrected chi connectivity index (χ3v) is 5.92. The van der Waals surface area contributed by atoms with Crippen LogP contribution < -0.4 is 25.4 Å². The first-order valence-electron chi connectivity index (χ1n) is 10.4. The first-order chi connectivity index (χ1) is 15.8. The van der Waals surface area contributed by atoms with E-state index in [2.05, 4.69) is 21.6 Å². The number of benzene rings is 2. The molecule has 0 radical (unpaired) electrons. The molecular weight excluding hydrogens is 442 g/mol. The molecule has 1 unspecified atom stereocenters. The van der Waals surface area contributed by atoms with Crippen molar-refractivity contribution in [1.82, 2.24) is 20.2 Å². The summed E-state index contributed by atoms with van der Waals surface area (Å²) in [6, 6.07) is 11.5. The lowest BCUT2D eigenvalue weighted by Crippen LogP contribution is -2.31. The maximum atomic E-state index is 12.6. The predicted molar refractivity (Wildman–Crippen MR) is 127 cm³/mol. The van der Waals surface area contributed by atoms with Crippen molar-refractivity contribution in [3.63, 3.8) is 0 Å². The van der Waals surface area contributed by atoms with Gasteiger partial charge in [0.1, 0.15) is 12.4 Å². The standard InChI is InChI=1S/C23H29N5O4S/c1-14-8-15(2)10-18(9-14)32-13-21-26-27-23(28(21)24)33-16(3)22(29)25-12-17-6-7-19(30-4)20(11-17)31-5/h6-11,16H,12-13,24H2,1-5H3,(H,25,29). The highest BCUT2D eigenvalue weighted by molar-refractivity contribution is 8.00.